The molecule has 1 aromatic heterocycles. The number of rotatable bonds is 4. The summed E-state index contributed by atoms with van der Waals surface area (Å²) in [5, 5.41) is 4.35. The van der Waals surface area contributed by atoms with Crippen molar-refractivity contribution in [3.63, 3.8) is 0 Å². The number of ether oxygens (including phenoxy) is 1. The van der Waals surface area contributed by atoms with Crippen molar-refractivity contribution in [3.05, 3.63) is 65.4 Å². The van der Waals surface area contributed by atoms with Gasteiger partial charge in [-0.2, -0.15) is 0 Å². The van der Waals surface area contributed by atoms with Crippen LogP contribution in [0.25, 0.3) is 10.9 Å². The van der Waals surface area contributed by atoms with Crippen LogP contribution in [0, 0.1) is 0 Å². The highest BCUT2D eigenvalue weighted by Gasteiger charge is 2.20. The molecule has 5 heteroatoms. The van der Waals surface area contributed by atoms with E-state index in [0.29, 0.717) is 6.54 Å². The van der Waals surface area contributed by atoms with Crippen LogP contribution in [0.15, 0.2) is 48.5 Å². The minimum Gasteiger partial charge on any atom is -0.497 e. The second-order valence-corrected chi connectivity index (χ2v) is 6.94. The van der Waals surface area contributed by atoms with Gasteiger partial charge in [0, 0.05) is 42.7 Å². The summed E-state index contributed by atoms with van der Waals surface area (Å²) >= 11 is 0. The molecular weight excluding hydrogens is 338 g/mol. The molecule has 2 aromatic carbocycles. The normalized spacial score (nSPS) is 13.9. The Kier molecular flexibility index (Phi) is 5.01. The molecule has 27 heavy (non-hydrogen) atoms. The number of fused-ring (bicyclic) bond motifs is 3. The van der Waals surface area contributed by atoms with Crippen LogP contribution in [0.1, 0.15) is 16.8 Å². The fourth-order valence-electron chi connectivity index (χ4n) is 3.78. The number of carbonyl (C=O) groups is 1. The summed E-state index contributed by atoms with van der Waals surface area (Å²) in [6.07, 6.45) is 2.58. The monoisotopic (exact) mass is 363 g/mol. The number of amides is 2. The lowest BCUT2D eigenvalue weighted by molar-refractivity contribution is 0.200. The van der Waals surface area contributed by atoms with E-state index < -0.39 is 0 Å². The molecule has 140 valence electrons. The molecule has 0 spiro atoms. The Morgan fingerprint density at radius 3 is 2.70 bits per heavy atom. The largest absolute Gasteiger partial charge is 0.497 e. The number of hydrogen-bond acceptors (Lipinski definition) is 2. The van der Waals surface area contributed by atoms with Crippen LogP contribution in [-0.2, 0) is 19.3 Å². The highest BCUT2D eigenvalue weighted by Crippen LogP contribution is 2.25. The van der Waals surface area contributed by atoms with Crippen molar-refractivity contribution in [1.82, 2.24) is 15.2 Å². The molecule has 5 nitrogen and oxygen atoms in total. The predicted octanol–water partition coefficient (Wildman–Crippen LogP) is 3.53. The van der Waals surface area contributed by atoms with Gasteiger partial charge in [0.15, 0.2) is 0 Å². The van der Waals surface area contributed by atoms with E-state index in [-0.39, 0.29) is 6.03 Å². The van der Waals surface area contributed by atoms with Gasteiger partial charge in [-0.1, -0.05) is 30.3 Å². The van der Waals surface area contributed by atoms with Gasteiger partial charge in [-0.25, -0.2) is 4.79 Å². The zero-order chi connectivity index (χ0) is 18.6. The minimum atomic E-state index is 0.0259. The molecule has 4 rings (SSSR count). The Labute approximate surface area is 159 Å². The van der Waals surface area contributed by atoms with Crippen LogP contribution in [0.5, 0.6) is 5.75 Å². The van der Waals surface area contributed by atoms with E-state index in [2.05, 4.69) is 34.6 Å². The van der Waals surface area contributed by atoms with Gasteiger partial charge in [0.25, 0.3) is 0 Å². The SMILES string of the molecule is COc1ccc(CCNC(=O)N2CCc3[nH]c4ccccc4c3CC2)cc1. The molecule has 1 aliphatic heterocycles. The predicted molar refractivity (Wildman–Crippen MR) is 107 cm³/mol. The summed E-state index contributed by atoms with van der Waals surface area (Å²) in [7, 11) is 1.66. The van der Waals surface area contributed by atoms with Crippen molar-refractivity contribution in [1.29, 1.82) is 0 Å². The lowest BCUT2D eigenvalue weighted by Crippen LogP contribution is -2.42. The molecule has 0 saturated carbocycles. The fourth-order valence-corrected chi connectivity index (χ4v) is 3.78. The highest BCUT2D eigenvalue weighted by atomic mass is 16.5. The molecule has 0 aliphatic carbocycles. The number of para-hydroxylation sites is 1. The highest BCUT2D eigenvalue weighted by molar-refractivity contribution is 5.85. The third-order valence-electron chi connectivity index (χ3n) is 5.30. The molecule has 2 N–H and O–H groups in total. The topological polar surface area (TPSA) is 57.4 Å². The van der Waals surface area contributed by atoms with Crippen LogP contribution in [0.2, 0.25) is 0 Å². The van der Waals surface area contributed by atoms with Crippen molar-refractivity contribution in [3.8, 4) is 5.75 Å². The fraction of sp³-hybridized carbons (Fsp3) is 0.318. The van der Waals surface area contributed by atoms with E-state index in [0.717, 1.165) is 38.1 Å². The quantitative estimate of drug-likeness (QED) is 0.745. The third-order valence-corrected chi connectivity index (χ3v) is 5.30. The van der Waals surface area contributed by atoms with Crippen molar-refractivity contribution >= 4 is 16.9 Å². The number of H-pyrrole nitrogens is 1. The van der Waals surface area contributed by atoms with E-state index in [1.807, 2.05) is 29.2 Å². The summed E-state index contributed by atoms with van der Waals surface area (Å²) in [4.78, 5) is 18.0. The molecule has 0 fully saturated rings. The molecular formula is C22H25N3O2. The summed E-state index contributed by atoms with van der Waals surface area (Å²) < 4.78 is 5.17. The smallest absolute Gasteiger partial charge is 0.317 e. The van der Waals surface area contributed by atoms with Gasteiger partial charge < -0.3 is 19.9 Å². The Balaban J connectivity index is 1.32. The molecule has 0 atom stereocenters. The lowest BCUT2D eigenvalue weighted by Gasteiger charge is -2.21. The summed E-state index contributed by atoms with van der Waals surface area (Å²) in [6, 6.07) is 16.4. The van der Waals surface area contributed by atoms with Gasteiger partial charge in [-0.05, 0) is 42.2 Å². The number of methoxy groups -OCH3 is 1. The molecule has 1 aliphatic rings. The van der Waals surface area contributed by atoms with Crippen LogP contribution in [-0.4, -0.2) is 42.7 Å². The average Bonchev–Trinajstić information content (AvgIpc) is 2.92. The van der Waals surface area contributed by atoms with Crippen molar-refractivity contribution in [2.75, 3.05) is 26.7 Å². The number of aromatic amines is 1. The van der Waals surface area contributed by atoms with E-state index in [4.69, 9.17) is 4.74 Å². The van der Waals surface area contributed by atoms with Gasteiger partial charge in [0.1, 0.15) is 5.75 Å². The minimum absolute atomic E-state index is 0.0259. The van der Waals surface area contributed by atoms with Gasteiger partial charge in [0.2, 0.25) is 0 Å². The van der Waals surface area contributed by atoms with E-state index in [9.17, 15) is 4.79 Å². The van der Waals surface area contributed by atoms with Crippen molar-refractivity contribution < 1.29 is 9.53 Å². The average molecular weight is 363 g/mol. The Morgan fingerprint density at radius 2 is 1.89 bits per heavy atom. The Bertz CT molecular complexity index is 930. The van der Waals surface area contributed by atoms with Crippen LogP contribution >= 0.6 is 0 Å². The van der Waals surface area contributed by atoms with E-state index in [1.54, 1.807) is 7.11 Å². The van der Waals surface area contributed by atoms with Gasteiger partial charge >= 0.3 is 6.03 Å². The van der Waals surface area contributed by atoms with Crippen LogP contribution in [0.4, 0.5) is 4.79 Å². The first-order valence-corrected chi connectivity index (χ1v) is 9.49. The molecule has 0 unspecified atom stereocenters. The van der Waals surface area contributed by atoms with Gasteiger partial charge in [-0.15, -0.1) is 0 Å². The summed E-state index contributed by atoms with van der Waals surface area (Å²) in [6.45, 7) is 2.13. The van der Waals surface area contributed by atoms with Gasteiger partial charge in [0.05, 0.1) is 7.11 Å². The molecule has 0 saturated heterocycles. The Morgan fingerprint density at radius 1 is 1.11 bits per heavy atom. The number of nitrogens with one attached hydrogen (secondary N) is 2. The molecule has 0 bridgehead atoms. The first kappa shape index (κ1) is 17.5. The zero-order valence-corrected chi connectivity index (χ0v) is 15.6. The number of hydrogen-bond donors (Lipinski definition) is 2. The number of aromatic nitrogens is 1. The van der Waals surface area contributed by atoms with E-state index >= 15 is 0 Å². The molecule has 0 radical (unpaired) electrons. The number of carbonyl (C=O) groups excluding carboxylic acids is 1. The maximum Gasteiger partial charge on any atom is 0.317 e. The Hall–Kier alpha value is -2.95. The molecule has 2 heterocycles. The summed E-state index contributed by atoms with van der Waals surface area (Å²) in [5.74, 6) is 0.850. The maximum atomic E-state index is 12.6. The van der Waals surface area contributed by atoms with Crippen LogP contribution in [0.3, 0.4) is 0 Å². The maximum absolute atomic E-state index is 12.6. The van der Waals surface area contributed by atoms with Gasteiger partial charge in [-0.3, -0.25) is 0 Å². The first-order valence-electron chi connectivity index (χ1n) is 9.49. The van der Waals surface area contributed by atoms with Crippen molar-refractivity contribution in [2.24, 2.45) is 0 Å². The number of urea groups is 1. The molecule has 2 amide bonds. The van der Waals surface area contributed by atoms with Crippen LogP contribution < -0.4 is 10.1 Å². The molecule has 3 aromatic rings. The zero-order valence-electron chi connectivity index (χ0n) is 15.6. The summed E-state index contributed by atoms with van der Waals surface area (Å²) in [5.41, 5.74) is 5.01. The standard InChI is InChI=1S/C22H25N3O2/c1-27-17-8-6-16(7-9-17)10-13-23-22(26)25-14-11-19-18-4-2-3-5-20(18)24-21(19)12-15-25/h2-9,24H,10-15H2,1H3,(H,23,26). The first-order chi connectivity index (χ1) is 13.2. The third kappa shape index (κ3) is 3.77. The number of benzene rings is 2. The van der Waals surface area contributed by atoms with Crippen molar-refractivity contribution in [2.45, 2.75) is 19.3 Å². The second kappa shape index (κ2) is 7.74. The second-order valence-electron chi connectivity index (χ2n) is 6.94. The van der Waals surface area contributed by atoms with E-state index in [1.165, 1.54) is 27.7 Å². The lowest BCUT2D eigenvalue weighted by atomic mass is 10.1. The number of nitrogens with zero attached hydrogens (tertiary/aromatic N) is 1.